The third kappa shape index (κ3) is 5.07. The molecule has 0 unspecified atom stereocenters. The van der Waals surface area contributed by atoms with Crippen LogP contribution in [0.4, 0.5) is 28.6 Å². The Morgan fingerprint density at radius 1 is 1.00 bits per heavy atom. The molecule has 37 heavy (non-hydrogen) atoms. The lowest BCUT2D eigenvalue weighted by atomic mass is 10.2. The molecule has 0 aliphatic carbocycles. The number of aromatic amines is 1. The monoisotopic (exact) mass is 521 g/mol. The van der Waals surface area contributed by atoms with Gasteiger partial charge in [-0.2, -0.15) is 0 Å². The highest BCUT2D eigenvalue weighted by atomic mass is 32.2. The molecule has 2 aromatic carbocycles. The van der Waals surface area contributed by atoms with Gasteiger partial charge in [0.1, 0.15) is 17.2 Å². The molecule has 1 saturated heterocycles. The number of morpholine rings is 1. The van der Waals surface area contributed by atoms with Gasteiger partial charge in [0.05, 0.1) is 47.5 Å². The number of methoxy groups -OCH3 is 1. The van der Waals surface area contributed by atoms with E-state index in [1.165, 1.54) is 0 Å². The lowest BCUT2D eigenvalue weighted by Gasteiger charge is -2.29. The first-order valence-corrected chi connectivity index (χ1v) is 13.8. The molecule has 0 radical (unpaired) electrons. The number of H-pyrrole nitrogens is 1. The van der Waals surface area contributed by atoms with Crippen LogP contribution in [0.3, 0.4) is 0 Å². The predicted molar refractivity (Wildman–Crippen MR) is 147 cm³/mol. The van der Waals surface area contributed by atoms with Crippen LogP contribution in [-0.2, 0) is 14.6 Å². The number of nitrogens with zero attached hydrogens (tertiary/aromatic N) is 2. The number of fused-ring (bicyclic) bond motifs is 1. The van der Waals surface area contributed by atoms with Crippen molar-refractivity contribution in [3.05, 3.63) is 60.8 Å². The van der Waals surface area contributed by atoms with E-state index in [1.54, 1.807) is 45.4 Å². The average molecular weight is 522 g/mol. The van der Waals surface area contributed by atoms with E-state index in [4.69, 9.17) is 14.5 Å². The molecule has 0 amide bonds. The fourth-order valence-electron chi connectivity index (χ4n) is 4.36. The molecule has 9 nitrogen and oxygen atoms in total. The minimum atomic E-state index is -3.48. The van der Waals surface area contributed by atoms with Gasteiger partial charge in [0.2, 0.25) is 0 Å². The zero-order valence-electron chi connectivity index (χ0n) is 21.1. The van der Waals surface area contributed by atoms with Gasteiger partial charge >= 0.3 is 0 Å². The number of rotatable bonds is 8. The van der Waals surface area contributed by atoms with Crippen molar-refractivity contribution >= 4 is 49.4 Å². The summed E-state index contributed by atoms with van der Waals surface area (Å²) >= 11 is 0. The third-order valence-corrected chi connectivity index (χ3v) is 8.65. The summed E-state index contributed by atoms with van der Waals surface area (Å²) in [7, 11) is -1.84. The summed E-state index contributed by atoms with van der Waals surface area (Å²) in [6, 6.07) is 16.8. The van der Waals surface area contributed by atoms with Crippen LogP contribution in [0.2, 0.25) is 0 Å². The smallest absolute Gasteiger partial charge is 0.182 e. The molecule has 5 rings (SSSR count). The van der Waals surface area contributed by atoms with Gasteiger partial charge in [-0.15, -0.1) is 0 Å². The van der Waals surface area contributed by atoms with E-state index in [1.807, 2.05) is 30.3 Å². The second kappa shape index (κ2) is 10.3. The third-order valence-electron chi connectivity index (χ3n) is 6.44. The van der Waals surface area contributed by atoms with Gasteiger partial charge in [0.15, 0.2) is 9.84 Å². The fourth-order valence-corrected chi connectivity index (χ4v) is 5.56. The van der Waals surface area contributed by atoms with Gasteiger partial charge in [-0.1, -0.05) is 12.1 Å². The summed E-state index contributed by atoms with van der Waals surface area (Å²) in [4.78, 5) is 10.4. The number of nitrogens with one attached hydrogen (secondary N) is 3. The van der Waals surface area contributed by atoms with Gasteiger partial charge in [-0.25, -0.2) is 13.4 Å². The molecule has 4 aromatic rings. The van der Waals surface area contributed by atoms with Crippen molar-refractivity contribution < 1.29 is 17.9 Å². The second-order valence-electron chi connectivity index (χ2n) is 9.12. The maximum atomic E-state index is 13.0. The zero-order chi connectivity index (χ0) is 26.0. The Balaban J connectivity index is 1.48. The number of hydrogen-bond donors (Lipinski definition) is 3. The van der Waals surface area contributed by atoms with Crippen molar-refractivity contribution in [1.29, 1.82) is 0 Å². The predicted octanol–water partition coefficient (Wildman–Crippen LogP) is 5.08. The summed E-state index contributed by atoms with van der Waals surface area (Å²) in [5.74, 6) is 1.28. The highest BCUT2D eigenvalue weighted by molar-refractivity contribution is 7.92. The molecule has 1 fully saturated rings. The molecule has 1 aliphatic heterocycles. The number of benzene rings is 2. The summed E-state index contributed by atoms with van der Waals surface area (Å²) in [6.45, 7) is 6.46. The number of ether oxygens (including phenoxy) is 2. The first-order valence-electron chi connectivity index (χ1n) is 12.2. The first kappa shape index (κ1) is 24.9. The standard InChI is InChI=1S/C27H31N5O4S/c1-18(2)37(33,34)25-7-5-4-6-22(25)29-23-17-26(31-27-20(23)10-11-28-27)30-21-9-8-19(16-24(21)35-3)32-12-14-36-15-13-32/h4-11,16-18H,12-15H2,1-3H3,(H3,28,29,30,31). The van der Waals surface area contributed by atoms with E-state index in [-0.39, 0.29) is 4.90 Å². The van der Waals surface area contributed by atoms with Crippen molar-refractivity contribution in [1.82, 2.24) is 9.97 Å². The maximum Gasteiger partial charge on any atom is 0.182 e. The van der Waals surface area contributed by atoms with Crippen molar-refractivity contribution in [3.8, 4) is 5.75 Å². The summed E-state index contributed by atoms with van der Waals surface area (Å²) in [5.41, 5.74) is 3.75. The lowest BCUT2D eigenvalue weighted by Crippen LogP contribution is -2.36. The van der Waals surface area contributed by atoms with E-state index >= 15 is 0 Å². The molecular weight excluding hydrogens is 490 g/mol. The molecule has 3 N–H and O–H groups in total. The Labute approximate surface area is 216 Å². The van der Waals surface area contributed by atoms with E-state index in [9.17, 15) is 8.42 Å². The maximum absolute atomic E-state index is 13.0. The number of aromatic nitrogens is 2. The fraction of sp³-hybridized carbons (Fsp3) is 0.296. The molecule has 0 bridgehead atoms. The molecule has 1 aliphatic rings. The van der Waals surface area contributed by atoms with Crippen LogP contribution in [0, 0.1) is 0 Å². The Morgan fingerprint density at radius 3 is 2.54 bits per heavy atom. The van der Waals surface area contributed by atoms with Crippen molar-refractivity contribution in [2.24, 2.45) is 0 Å². The van der Waals surface area contributed by atoms with Gasteiger partial charge in [-0.05, 0) is 44.2 Å². The normalized spacial score (nSPS) is 14.2. The summed E-state index contributed by atoms with van der Waals surface area (Å²) in [5, 5.41) is 7.02. The first-order chi connectivity index (χ1) is 17.9. The topological polar surface area (TPSA) is 109 Å². The average Bonchev–Trinajstić information content (AvgIpc) is 3.39. The number of sulfone groups is 1. The zero-order valence-corrected chi connectivity index (χ0v) is 21.9. The number of para-hydroxylation sites is 1. The Morgan fingerprint density at radius 2 is 1.78 bits per heavy atom. The van der Waals surface area contributed by atoms with E-state index in [0.717, 1.165) is 35.5 Å². The van der Waals surface area contributed by atoms with Crippen molar-refractivity contribution in [2.75, 3.05) is 48.9 Å². The van der Waals surface area contributed by atoms with Crippen LogP contribution < -0.4 is 20.3 Å². The molecular formula is C27H31N5O4S. The summed E-state index contributed by atoms with van der Waals surface area (Å²) in [6.07, 6.45) is 1.81. The van der Waals surface area contributed by atoms with Gasteiger partial charge in [-0.3, -0.25) is 0 Å². The van der Waals surface area contributed by atoms with Crippen LogP contribution in [0.1, 0.15) is 13.8 Å². The largest absolute Gasteiger partial charge is 0.494 e. The molecule has 2 aromatic heterocycles. The number of pyridine rings is 1. The van der Waals surface area contributed by atoms with E-state index in [2.05, 4.69) is 26.6 Å². The van der Waals surface area contributed by atoms with Crippen LogP contribution >= 0.6 is 0 Å². The Kier molecular flexibility index (Phi) is 6.94. The molecule has 0 atom stereocenters. The molecule has 0 saturated carbocycles. The van der Waals surface area contributed by atoms with Crippen LogP contribution in [0.15, 0.2) is 65.7 Å². The number of anilines is 5. The quantitative estimate of drug-likeness (QED) is 0.295. The van der Waals surface area contributed by atoms with Gasteiger partial charge < -0.3 is 30.0 Å². The Hall–Kier alpha value is -3.76. The minimum absolute atomic E-state index is 0.264. The molecule has 194 valence electrons. The van der Waals surface area contributed by atoms with Crippen molar-refractivity contribution in [3.63, 3.8) is 0 Å². The van der Waals surface area contributed by atoms with E-state index in [0.29, 0.717) is 36.1 Å². The highest BCUT2D eigenvalue weighted by Crippen LogP contribution is 2.35. The van der Waals surface area contributed by atoms with Gasteiger partial charge in [0.25, 0.3) is 0 Å². The van der Waals surface area contributed by atoms with Crippen molar-refractivity contribution in [2.45, 2.75) is 24.0 Å². The second-order valence-corrected chi connectivity index (χ2v) is 11.6. The highest BCUT2D eigenvalue weighted by Gasteiger charge is 2.23. The molecule has 0 spiro atoms. The molecule has 10 heteroatoms. The minimum Gasteiger partial charge on any atom is -0.494 e. The van der Waals surface area contributed by atoms with E-state index < -0.39 is 15.1 Å². The van der Waals surface area contributed by atoms with Crippen LogP contribution in [-0.4, -0.2) is 57.0 Å². The van der Waals surface area contributed by atoms with Gasteiger partial charge in [0, 0.05) is 42.5 Å². The Bertz CT molecular complexity index is 1510. The number of hydrogen-bond acceptors (Lipinski definition) is 8. The molecule has 3 heterocycles. The summed E-state index contributed by atoms with van der Waals surface area (Å²) < 4.78 is 37.1. The van der Waals surface area contributed by atoms with Crippen LogP contribution in [0.5, 0.6) is 5.75 Å². The van der Waals surface area contributed by atoms with Crippen LogP contribution in [0.25, 0.3) is 11.0 Å². The lowest BCUT2D eigenvalue weighted by molar-refractivity contribution is 0.122. The SMILES string of the molecule is COc1cc(N2CCOCC2)ccc1Nc1cc(Nc2ccccc2S(=O)(=O)C(C)C)c2cc[nH]c2n1.